The Bertz CT molecular complexity index is 387. The zero-order valence-electron chi connectivity index (χ0n) is 11.5. The highest BCUT2D eigenvalue weighted by Gasteiger charge is 2.34. The molecule has 2 heterocycles. The number of hydrogen-bond donors (Lipinski definition) is 1. The van der Waals surface area contributed by atoms with E-state index in [1.807, 2.05) is 6.07 Å². The number of thiophene rings is 1. The van der Waals surface area contributed by atoms with Crippen LogP contribution in [0.2, 0.25) is 4.34 Å². The summed E-state index contributed by atoms with van der Waals surface area (Å²) in [5, 5.41) is 3.71. The summed E-state index contributed by atoms with van der Waals surface area (Å²) in [7, 11) is 0. The Morgan fingerprint density at radius 2 is 2.17 bits per heavy atom. The first-order valence-corrected chi connectivity index (χ1v) is 8.04. The quantitative estimate of drug-likeness (QED) is 0.902. The van der Waals surface area contributed by atoms with Gasteiger partial charge in [-0.15, -0.1) is 11.3 Å². The summed E-state index contributed by atoms with van der Waals surface area (Å²) in [6, 6.07) is 4.65. The lowest BCUT2D eigenvalue weighted by atomic mass is 9.89. The van der Waals surface area contributed by atoms with Gasteiger partial charge in [0.2, 0.25) is 0 Å². The third kappa shape index (κ3) is 2.90. The number of nitrogens with zero attached hydrogens (tertiary/aromatic N) is 1. The van der Waals surface area contributed by atoms with Gasteiger partial charge in [-0.3, -0.25) is 4.90 Å². The van der Waals surface area contributed by atoms with Crippen LogP contribution in [0.4, 0.5) is 0 Å². The van der Waals surface area contributed by atoms with Crippen molar-refractivity contribution in [2.75, 3.05) is 19.6 Å². The molecule has 18 heavy (non-hydrogen) atoms. The molecule has 0 amide bonds. The van der Waals surface area contributed by atoms with Crippen LogP contribution < -0.4 is 5.32 Å². The molecule has 2 rings (SSSR count). The number of hydrogen-bond acceptors (Lipinski definition) is 3. The lowest BCUT2D eigenvalue weighted by Gasteiger charge is -2.45. The van der Waals surface area contributed by atoms with Gasteiger partial charge in [0.15, 0.2) is 0 Å². The smallest absolute Gasteiger partial charge is 0.0931 e. The van der Waals surface area contributed by atoms with Crippen LogP contribution in [0.25, 0.3) is 0 Å². The summed E-state index contributed by atoms with van der Waals surface area (Å²) in [5.74, 6) is 0. The fourth-order valence-electron chi connectivity index (χ4n) is 2.78. The maximum Gasteiger partial charge on any atom is 0.0931 e. The molecule has 102 valence electrons. The number of nitrogens with one attached hydrogen (secondary N) is 1. The molecule has 1 atom stereocenters. The zero-order chi connectivity index (χ0) is 13.2. The van der Waals surface area contributed by atoms with Gasteiger partial charge in [-0.05, 0) is 31.9 Å². The van der Waals surface area contributed by atoms with Gasteiger partial charge in [-0.2, -0.15) is 0 Å². The number of rotatable bonds is 4. The third-order valence-electron chi connectivity index (χ3n) is 4.31. The van der Waals surface area contributed by atoms with Crippen molar-refractivity contribution in [2.24, 2.45) is 0 Å². The van der Waals surface area contributed by atoms with E-state index in [4.69, 9.17) is 11.6 Å². The van der Waals surface area contributed by atoms with Crippen molar-refractivity contribution in [1.82, 2.24) is 10.2 Å². The van der Waals surface area contributed by atoms with Gasteiger partial charge in [0.05, 0.1) is 4.34 Å². The average molecular weight is 287 g/mol. The second-order valence-corrected chi connectivity index (χ2v) is 6.95. The van der Waals surface area contributed by atoms with Crippen molar-refractivity contribution in [2.45, 2.75) is 45.2 Å². The predicted octanol–water partition coefficient (Wildman–Crippen LogP) is 3.93. The Morgan fingerprint density at radius 1 is 1.44 bits per heavy atom. The van der Waals surface area contributed by atoms with Crippen molar-refractivity contribution >= 4 is 22.9 Å². The van der Waals surface area contributed by atoms with E-state index in [0.717, 1.165) is 24.0 Å². The van der Waals surface area contributed by atoms with E-state index in [9.17, 15) is 0 Å². The van der Waals surface area contributed by atoms with Crippen LogP contribution in [-0.4, -0.2) is 30.1 Å². The minimum atomic E-state index is 0.299. The van der Waals surface area contributed by atoms with Crippen molar-refractivity contribution in [3.05, 3.63) is 21.3 Å². The summed E-state index contributed by atoms with van der Waals surface area (Å²) in [6.45, 7) is 10.2. The van der Waals surface area contributed by atoms with Crippen LogP contribution in [0, 0.1) is 0 Å². The van der Waals surface area contributed by atoms with Crippen molar-refractivity contribution in [3.8, 4) is 0 Å². The van der Waals surface area contributed by atoms with E-state index in [1.54, 1.807) is 11.3 Å². The molecule has 1 aliphatic heterocycles. The fraction of sp³-hybridized carbons (Fsp3) is 0.714. The number of piperazine rings is 1. The highest BCUT2D eigenvalue weighted by atomic mass is 35.5. The monoisotopic (exact) mass is 286 g/mol. The Labute approximate surface area is 119 Å². The van der Waals surface area contributed by atoms with E-state index >= 15 is 0 Å². The van der Waals surface area contributed by atoms with Crippen molar-refractivity contribution in [3.63, 3.8) is 0 Å². The van der Waals surface area contributed by atoms with Crippen LogP contribution in [0.15, 0.2) is 12.1 Å². The maximum atomic E-state index is 6.04. The summed E-state index contributed by atoms with van der Waals surface area (Å²) in [5.41, 5.74) is 0.299. The molecule has 2 nitrogen and oxygen atoms in total. The highest BCUT2D eigenvalue weighted by Crippen LogP contribution is 2.32. The van der Waals surface area contributed by atoms with Gasteiger partial charge in [0, 0.05) is 36.1 Å². The molecule has 0 aliphatic carbocycles. The molecule has 0 saturated carbocycles. The van der Waals surface area contributed by atoms with Gasteiger partial charge >= 0.3 is 0 Å². The minimum Gasteiger partial charge on any atom is -0.309 e. The summed E-state index contributed by atoms with van der Waals surface area (Å²) >= 11 is 7.75. The van der Waals surface area contributed by atoms with Crippen molar-refractivity contribution in [1.29, 1.82) is 0 Å². The Kier molecular flexibility index (Phi) is 4.70. The maximum absolute atomic E-state index is 6.04. The predicted molar refractivity (Wildman–Crippen MR) is 80.6 cm³/mol. The van der Waals surface area contributed by atoms with Gasteiger partial charge in [-0.1, -0.05) is 25.4 Å². The molecule has 0 radical (unpaired) electrons. The molecule has 0 aromatic carbocycles. The van der Waals surface area contributed by atoms with E-state index in [-0.39, 0.29) is 0 Å². The fourth-order valence-corrected chi connectivity index (χ4v) is 3.92. The van der Waals surface area contributed by atoms with E-state index in [0.29, 0.717) is 11.6 Å². The molecule has 0 bridgehead atoms. The normalized spacial score (nSPS) is 22.0. The molecule has 1 aromatic heterocycles. The molecule has 1 aromatic rings. The van der Waals surface area contributed by atoms with Crippen LogP contribution in [0.3, 0.4) is 0 Å². The number of halogens is 1. The molecule has 1 unspecified atom stereocenters. The zero-order valence-corrected chi connectivity index (χ0v) is 13.1. The van der Waals surface area contributed by atoms with Crippen LogP contribution >= 0.6 is 22.9 Å². The lowest BCUT2D eigenvalue weighted by Crippen LogP contribution is -2.60. The first kappa shape index (κ1) is 14.3. The van der Waals surface area contributed by atoms with E-state index < -0.39 is 0 Å². The second kappa shape index (κ2) is 5.91. The first-order chi connectivity index (χ1) is 8.60. The lowest BCUT2D eigenvalue weighted by molar-refractivity contribution is 0.0932. The topological polar surface area (TPSA) is 15.3 Å². The molecular weight excluding hydrogens is 264 g/mol. The van der Waals surface area contributed by atoms with Gasteiger partial charge < -0.3 is 5.32 Å². The summed E-state index contributed by atoms with van der Waals surface area (Å²) in [6.07, 6.45) is 2.38. The molecule has 1 saturated heterocycles. The van der Waals surface area contributed by atoms with Crippen molar-refractivity contribution < 1.29 is 0 Å². The Balaban J connectivity index is 2.09. The standard InChI is InChI=1S/C14H23ClN2S/c1-4-14(5-2)10-17(9-8-16-14)11(3)12-6-7-13(15)18-12/h6-7,11,16H,4-5,8-10H2,1-3H3. The second-order valence-electron chi connectivity index (χ2n) is 5.20. The van der Waals surface area contributed by atoms with E-state index in [1.165, 1.54) is 17.7 Å². The Hall–Kier alpha value is -0.0900. The third-order valence-corrected chi connectivity index (χ3v) is 5.71. The first-order valence-electron chi connectivity index (χ1n) is 6.84. The van der Waals surface area contributed by atoms with Crippen LogP contribution in [0.5, 0.6) is 0 Å². The Morgan fingerprint density at radius 3 is 2.72 bits per heavy atom. The summed E-state index contributed by atoms with van der Waals surface area (Å²) in [4.78, 5) is 3.97. The molecule has 1 aliphatic rings. The minimum absolute atomic E-state index is 0.299. The SMILES string of the molecule is CCC1(CC)CN(C(C)c2ccc(Cl)s2)CCN1. The van der Waals surface area contributed by atoms with Crippen LogP contribution in [-0.2, 0) is 0 Å². The van der Waals surface area contributed by atoms with E-state index in [2.05, 4.69) is 37.1 Å². The highest BCUT2D eigenvalue weighted by molar-refractivity contribution is 7.16. The largest absolute Gasteiger partial charge is 0.309 e. The average Bonchev–Trinajstić information content (AvgIpc) is 2.84. The van der Waals surface area contributed by atoms with Gasteiger partial charge in [-0.25, -0.2) is 0 Å². The summed E-state index contributed by atoms with van der Waals surface area (Å²) < 4.78 is 0.893. The van der Waals surface area contributed by atoms with Gasteiger partial charge in [0.1, 0.15) is 0 Å². The van der Waals surface area contributed by atoms with Gasteiger partial charge in [0.25, 0.3) is 0 Å². The molecule has 1 fully saturated rings. The molecular formula is C14H23ClN2S. The van der Waals surface area contributed by atoms with Crippen LogP contribution in [0.1, 0.15) is 44.5 Å². The molecule has 4 heteroatoms. The molecule has 1 N–H and O–H groups in total. The molecule has 0 spiro atoms.